The Labute approximate surface area is 160 Å². The molecular formula is C18H17F4O4S2-. The Bertz CT molecular complexity index is 1080. The Hall–Kier alpha value is -1.81. The molecule has 3 rings (SSSR count). The second-order valence-electron chi connectivity index (χ2n) is 6.73. The van der Waals surface area contributed by atoms with E-state index in [9.17, 15) is 34.4 Å². The fourth-order valence-corrected chi connectivity index (χ4v) is 7.67. The number of alkyl halides is 4. The highest BCUT2D eigenvalue weighted by Gasteiger charge is 2.53. The minimum absolute atomic E-state index is 0.0901. The molecule has 0 heterocycles. The molecular weight excluding hydrogens is 420 g/mol. The van der Waals surface area contributed by atoms with Gasteiger partial charge in [0.15, 0.2) is 0 Å². The molecule has 1 saturated carbocycles. The first-order valence-electron chi connectivity index (χ1n) is 8.50. The van der Waals surface area contributed by atoms with Crippen molar-refractivity contribution in [3.63, 3.8) is 0 Å². The second-order valence-corrected chi connectivity index (χ2v) is 11.0. The lowest BCUT2D eigenvalue weighted by Gasteiger charge is -2.33. The maximum Gasteiger partial charge on any atom is 0.491 e. The summed E-state index contributed by atoms with van der Waals surface area (Å²) in [6, 6.07) is 9.94. The second kappa shape index (κ2) is 7.22. The number of fused-ring (bicyclic) bond motifs is 1. The summed E-state index contributed by atoms with van der Waals surface area (Å²) in [5, 5.41) is -0.527. The number of hydrogen-bond donors (Lipinski definition) is 0. The van der Waals surface area contributed by atoms with E-state index in [0.717, 1.165) is 12.1 Å². The van der Waals surface area contributed by atoms with Gasteiger partial charge in [-0.3, -0.25) is 0 Å². The summed E-state index contributed by atoms with van der Waals surface area (Å²) in [5.41, 5.74) is -6.37. The highest BCUT2D eigenvalue weighted by molar-refractivity contribution is 8.13. The highest BCUT2D eigenvalue weighted by atomic mass is 32.3. The van der Waals surface area contributed by atoms with Gasteiger partial charge in [0, 0.05) is 0 Å². The van der Waals surface area contributed by atoms with Crippen LogP contribution in [0.15, 0.2) is 42.5 Å². The molecule has 28 heavy (non-hydrogen) atoms. The number of sulfone groups is 2. The lowest BCUT2D eigenvalue weighted by atomic mass is 9.98. The summed E-state index contributed by atoms with van der Waals surface area (Å²) >= 11 is 0. The van der Waals surface area contributed by atoms with Gasteiger partial charge in [0.2, 0.25) is 9.84 Å². The molecule has 2 atom stereocenters. The summed E-state index contributed by atoms with van der Waals surface area (Å²) in [5.74, 6) is 0. The van der Waals surface area contributed by atoms with Crippen molar-refractivity contribution >= 4 is 30.4 Å². The highest BCUT2D eigenvalue weighted by Crippen LogP contribution is 2.43. The molecule has 0 spiro atoms. The minimum atomic E-state index is -6.18. The van der Waals surface area contributed by atoms with E-state index in [-0.39, 0.29) is 19.3 Å². The molecule has 1 aliphatic rings. The van der Waals surface area contributed by atoms with Crippen molar-refractivity contribution in [1.82, 2.24) is 0 Å². The predicted octanol–water partition coefficient (Wildman–Crippen LogP) is 4.31. The predicted molar refractivity (Wildman–Crippen MR) is 97.3 cm³/mol. The van der Waals surface area contributed by atoms with Crippen molar-refractivity contribution in [2.45, 2.75) is 42.6 Å². The van der Waals surface area contributed by atoms with E-state index in [2.05, 4.69) is 0 Å². The van der Waals surface area contributed by atoms with E-state index < -0.39 is 53.2 Å². The average Bonchev–Trinajstić information content (AvgIpc) is 2.60. The largest absolute Gasteiger partial charge is 0.491 e. The monoisotopic (exact) mass is 437 g/mol. The van der Waals surface area contributed by atoms with Crippen molar-refractivity contribution < 1.29 is 34.4 Å². The van der Waals surface area contributed by atoms with E-state index in [1.807, 2.05) is 0 Å². The first-order chi connectivity index (χ1) is 12.9. The normalized spacial score (nSPS) is 21.6. The fraction of sp³-hybridized carbons (Fsp3) is 0.389. The van der Waals surface area contributed by atoms with Crippen LogP contribution in [0, 0.1) is 4.58 Å². The fourth-order valence-electron chi connectivity index (χ4n) is 3.41. The quantitative estimate of drug-likeness (QED) is 0.528. The SMILES string of the molecule is O=S(=O)([C-](c1ccc2ccccc2c1)S(=O)(=O)C(F)(F)F)C1CCCC(F)C1. The molecule has 0 N–H and O–H groups in total. The summed E-state index contributed by atoms with van der Waals surface area (Å²) in [7, 11) is -11.1. The van der Waals surface area contributed by atoms with E-state index in [4.69, 9.17) is 0 Å². The van der Waals surface area contributed by atoms with Crippen LogP contribution in [0.4, 0.5) is 17.6 Å². The first-order valence-corrected chi connectivity index (χ1v) is 11.5. The standard InChI is InChI=1S/C18H17F4O4S2/c19-15-6-3-7-16(11-15)27(23,24)17(28(25,26)18(20,21)22)14-9-8-12-4-1-2-5-13(12)10-14/h1-2,4-5,8-10,15-16H,3,6-7,11H2/q-1. The van der Waals surface area contributed by atoms with Crippen LogP contribution in [-0.4, -0.2) is 33.8 Å². The molecule has 1 aliphatic carbocycles. The van der Waals surface area contributed by atoms with E-state index in [1.165, 1.54) is 12.1 Å². The minimum Gasteiger partial charge on any atom is -0.247 e. The molecule has 1 fully saturated rings. The van der Waals surface area contributed by atoms with E-state index in [0.29, 0.717) is 10.8 Å². The molecule has 10 heteroatoms. The third-order valence-electron chi connectivity index (χ3n) is 4.79. The molecule has 2 unspecified atom stereocenters. The smallest absolute Gasteiger partial charge is 0.247 e. The van der Waals surface area contributed by atoms with Crippen LogP contribution in [0.1, 0.15) is 31.2 Å². The van der Waals surface area contributed by atoms with Gasteiger partial charge in [-0.15, -0.1) is 6.07 Å². The van der Waals surface area contributed by atoms with Gasteiger partial charge in [-0.2, -0.15) is 30.9 Å². The molecule has 2 aromatic rings. The van der Waals surface area contributed by atoms with Gasteiger partial charge in [0.25, 0.3) is 0 Å². The molecule has 4 nitrogen and oxygen atoms in total. The number of benzene rings is 2. The van der Waals surface area contributed by atoms with Crippen LogP contribution in [0.5, 0.6) is 0 Å². The zero-order valence-electron chi connectivity index (χ0n) is 14.5. The topological polar surface area (TPSA) is 68.3 Å². The number of rotatable bonds is 4. The first kappa shape index (κ1) is 20.9. The van der Waals surface area contributed by atoms with Gasteiger partial charge in [0.05, 0.1) is 9.83 Å². The zero-order valence-corrected chi connectivity index (χ0v) is 16.1. The Balaban J connectivity index is 2.20. The third-order valence-corrected chi connectivity index (χ3v) is 9.54. The van der Waals surface area contributed by atoms with Gasteiger partial charge >= 0.3 is 5.51 Å². The van der Waals surface area contributed by atoms with Gasteiger partial charge in [-0.05, 0) is 31.1 Å². The van der Waals surface area contributed by atoms with Crippen molar-refractivity contribution in [3.05, 3.63) is 52.6 Å². The van der Waals surface area contributed by atoms with E-state index in [1.54, 1.807) is 18.2 Å². The van der Waals surface area contributed by atoms with Crippen molar-refractivity contribution in [3.8, 4) is 0 Å². The molecule has 2 aromatic carbocycles. The molecule has 154 valence electrons. The molecule has 0 aliphatic heterocycles. The molecule has 0 aromatic heterocycles. The van der Waals surface area contributed by atoms with Crippen LogP contribution in [0.3, 0.4) is 0 Å². The third kappa shape index (κ3) is 3.71. The van der Waals surface area contributed by atoms with Gasteiger partial charge < -0.3 is 0 Å². The lowest BCUT2D eigenvalue weighted by Crippen LogP contribution is -2.40. The zero-order chi connectivity index (χ0) is 20.7. The Kier molecular flexibility index (Phi) is 5.39. The number of hydrogen-bond acceptors (Lipinski definition) is 4. The molecule has 0 amide bonds. The Morgan fingerprint density at radius 1 is 0.929 bits per heavy atom. The summed E-state index contributed by atoms with van der Waals surface area (Å²) in [4.78, 5) is 0. The lowest BCUT2D eigenvalue weighted by molar-refractivity contribution is -0.0429. The van der Waals surface area contributed by atoms with Crippen molar-refractivity contribution in [2.75, 3.05) is 0 Å². The maximum atomic E-state index is 13.7. The summed E-state index contributed by atoms with van der Waals surface area (Å²) < 4.78 is 102. The van der Waals surface area contributed by atoms with Crippen LogP contribution in [-0.2, 0) is 19.7 Å². The molecule has 0 radical (unpaired) electrons. The average molecular weight is 437 g/mol. The van der Waals surface area contributed by atoms with Crippen LogP contribution >= 0.6 is 0 Å². The summed E-state index contributed by atoms with van der Waals surface area (Å²) in [6.07, 6.45) is -1.86. The number of halogens is 4. The molecule has 0 saturated heterocycles. The van der Waals surface area contributed by atoms with Crippen molar-refractivity contribution in [1.29, 1.82) is 0 Å². The van der Waals surface area contributed by atoms with E-state index >= 15 is 0 Å². The maximum absolute atomic E-state index is 13.7. The van der Waals surface area contributed by atoms with Crippen LogP contribution < -0.4 is 0 Å². The van der Waals surface area contributed by atoms with Gasteiger partial charge in [-0.1, -0.05) is 29.7 Å². The Morgan fingerprint density at radius 2 is 1.57 bits per heavy atom. The Morgan fingerprint density at radius 3 is 2.18 bits per heavy atom. The van der Waals surface area contributed by atoms with Gasteiger partial charge in [-0.25, -0.2) is 21.2 Å². The van der Waals surface area contributed by atoms with Crippen LogP contribution in [0.2, 0.25) is 0 Å². The van der Waals surface area contributed by atoms with Gasteiger partial charge in [0.1, 0.15) is 16.0 Å². The summed E-state index contributed by atoms with van der Waals surface area (Å²) in [6.45, 7) is 0. The van der Waals surface area contributed by atoms with Crippen molar-refractivity contribution in [2.24, 2.45) is 0 Å². The van der Waals surface area contributed by atoms with Crippen LogP contribution in [0.25, 0.3) is 10.8 Å². The molecule has 0 bridgehead atoms.